The number of ether oxygens (including phenoxy) is 1. The largest absolute Gasteiger partial charge is 0.494 e. The molecule has 1 aromatic carbocycles. The van der Waals surface area contributed by atoms with Crippen LogP contribution in [-0.2, 0) is 6.42 Å². The molecule has 2 rings (SSSR count). The van der Waals surface area contributed by atoms with E-state index in [1.807, 2.05) is 0 Å². The summed E-state index contributed by atoms with van der Waals surface area (Å²) in [4.78, 5) is 3.36. The number of benzene rings is 1. The molecule has 0 unspecified atom stereocenters. The Hall–Kier alpha value is -1.44. The van der Waals surface area contributed by atoms with Crippen LogP contribution in [0.2, 0.25) is 0 Å². The van der Waals surface area contributed by atoms with E-state index in [1.54, 1.807) is 0 Å². The minimum Gasteiger partial charge on any atom is -0.494 e. The molecule has 0 amide bonds. The highest BCUT2D eigenvalue weighted by atomic mass is 16.5. The van der Waals surface area contributed by atoms with Crippen LogP contribution < -0.4 is 4.74 Å². The summed E-state index contributed by atoms with van der Waals surface area (Å²) >= 11 is 0. The third kappa shape index (κ3) is 8.41. The number of aryl methyl sites for hydroxylation is 1. The van der Waals surface area contributed by atoms with Crippen LogP contribution in [0.3, 0.4) is 0 Å². The maximum absolute atomic E-state index is 5.99. The topological polar surface area (TPSA) is 25.0 Å². The molecular formula is C25H41NO. The first-order chi connectivity index (χ1) is 13.3. The molecule has 0 bridgehead atoms. The lowest BCUT2D eigenvalue weighted by Crippen LogP contribution is -1.97. The van der Waals surface area contributed by atoms with Crippen molar-refractivity contribution in [1.82, 2.24) is 4.98 Å². The van der Waals surface area contributed by atoms with Crippen molar-refractivity contribution in [3.05, 3.63) is 30.0 Å². The molecule has 2 heteroatoms. The number of aromatic nitrogens is 1. The summed E-state index contributed by atoms with van der Waals surface area (Å²) in [6, 6.07) is 6.44. The van der Waals surface area contributed by atoms with Crippen LogP contribution in [0.4, 0.5) is 0 Å². The van der Waals surface area contributed by atoms with E-state index >= 15 is 0 Å². The molecule has 0 aliphatic heterocycles. The van der Waals surface area contributed by atoms with E-state index in [0.29, 0.717) is 0 Å². The molecule has 1 N–H and O–H groups in total. The van der Waals surface area contributed by atoms with E-state index in [2.05, 4.69) is 43.2 Å². The number of unbranched alkanes of at least 4 members (excludes halogenated alkanes) is 11. The van der Waals surface area contributed by atoms with E-state index in [4.69, 9.17) is 4.74 Å². The van der Waals surface area contributed by atoms with Gasteiger partial charge in [0.1, 0.15) is 5.75 Å². The third-order valence-corrected chi connectivity index (χ3v) is 5.52. The van der Waals surface area contributed by atoms with Crippen LogP contribution in [0, 0.1) is 0 Å². The van der Waals surface area contributed by atoms with Gasteiger partial charge in [0.2, 0.25) is 0 Å². The highest BCUT2D eigenvalue weighted by Gasteiger charge is 2.04. The minimum absolute atomic E-state index is 0.844. The van der Waals surface area contributed by atoms with Gasteiger partial charge < -0.3 is 9.72 Å². The average molecular weight is 372 g/mol. The third-order valence-electron chi connectivity index (χ3n) is 5.52. The van der Waals surface area contributed by atoms with Crippen molar-refractivity contribution >= 4 is 10.9 Å². The predicted molar refractivity (Wildman–Crippen MR) is 119 cm³/mol. The van der Waals surface area contributed by atoms with Crippen LogP contribution in [-0.4, -0.2) is 11.6 Å². The summed E-state index contributed by atoms with van der Waals surface area (Å²) in [5.74, 6) is 1.02. The van der Waals surface area contributed by atoms with Gasteiger partial charge in [0.05, 0.1) is 6.61 Å². The summed E-state index contributed by atoms with van der Waals surface area (Å²) in [5.41, 5.74) is 2.62. The van der Waals surface area contributed by atoms with E-state index in [9.17, 15) is 0 Å². The van der Waals surface area contributed by atoms with Crippen molar-refractivity contribution in [2.45, 2.75) is 104 Å². The van der Waals surface area contributed by atoms with Gasteiger partial charge in [0, 0.05) is 17.1 Å². The second-order valence-corrected chi connectivity index (χ2v) is 8.01. The zero-order valence-electron chi connectivity index (χ0n) is 17.8. The maximum atomic E-state index is 5.99. The number of fused-ring (bicyclic) bond motifs is 1. The smallest absolute Gasteiger partial charge is 0.120 e. The van der Waals surface area contributed by atoms with Crippen molar-refractivity contribution in [1.29, 1.82) is 0 Å². The van der Waals surface area contributed by atoms with Gasteiger partial charge in [-0.2, -0.15) is 0 Å². The Balaban J connectivity index is 1.49. The fourth-order valence-electron chi connectivity index (χ4n) is 3.86. The van der Waals surface area contributed by atoms with Crippen LogP contribution in [0.5, 0.6) is 5.75 Å². The van der Waals surface area contributed by atoms with Crippen LogP contribution in [0.1, 0.15) is 103 Å². The normalized spacial score (nSPS) is 11.3. The average Bonchev–Trinajstić information content (AvgIpc) is 3.08. The molecular weight excluding hydrogens is 330 g/mol. The van der Waals surface area contributed by atoms with E-state index in [1.165, 1.54) is 99.9 Å². The summed E-state index contributed by atoms with van der Waals surface area (Å²) in [6.45, 7) is 5.36. The summed E-state index contributed by atoms with van der Waals surface area (Å²) in [7, 11) is 0. The maximum Gasteiger partial charge on any atom is 0.120 e. The lowest BCUT2D eigenvalue weighted by atomic mass is 10.1. The molecule has 0 saturated carbocycles. The molecule has 1 aromatic heterocycles. The lowest BCUT2D eigenvalue weighted by molar-refractivity contribution is 0.304. The van der Waals surface area contributed by atoms with Crippen molar-refractivity contribution in [3.63, 3.8) is 0 Å². The standard InChI is InChI=1S/C25H41NO/c1-3-5-6-7-8-9-10-11-12-13-14-15-19-27-23-17-18-25-24(20-23)22(16-4-2)21-26-25/h17-18,20-21,26H,3-16,19H2,1-2H3. The molecule has 2 nitrogen and oxygen atoms in total. The molecule has 0 saturated heterocycles. The molecule has 0 aliphatic rings. The van der Waals surface area contributed by atoms with E-state index in [-0.39, 0.29) is 0 Å². The molecule has 0 spiro atoms. The highest BCUT2D eigenvalue weighted by Crippen LogP contribution is 2.25. The zero-order valence-corrected chi connectivity index (χ0v) is 17.8. The van der Waals surface area contributed by atoms with E-state index < -0.39 is 0 Å². The lowest BCUT2D eigenvalue weighted by Gasteiger charge is -2.07. The van der Waals surface area contributed by atoms with Gasteiger partial charge in [0.15, 0.2) is 0 Å². The number of nitrogens with one attached hydrogen (secondary N) is 1. The highest BCUT2D eigenvalue weighted by molar-refractivity contribution is 5.84. The van der Waals surface area contributed by atoms with Crippen LogP contribution in [0.15, 0.2) is 24.4 Å². The summed E-state index contributed by atoms with van der Waals surface area (Å²) in [6.07, 6.45) is 21.0. The van der Waals surface area contributed by atoms with Gasteiger partial charge in [-0.25, -0.2) is 0 Å². The van der Waals surface area contributed by atoms with E-state index in [0.717, 1.165) is 18.8 Å². The SMILES string of the molecule is CCCCCCCCCCCCCCOc1ccc2[nH]cc(CCC)c2c1. The fraction of sp³-hybridized carbons (Fsp3) is 0.680. The number of aromatic amines is 1. The van der Waals surface area contributed by atoms with Crippen molar-refractivity contribution < 1.29 is 4.74 Å². The number of rotatable bonds is 16. The van der Waals surface area contributed by atoms with Gasteiger partial charge in [-0.3, -0.25) is 0 Å². The molecule has 0 aliphatic carbocycles. The molecule has 1 heterocycles. The number of H-pyrrole nitrogens is 1. The van der Waals surface area contributed by atoms with Gasteiger partial charge >= 0.3 is 0 Å². The van der Waals surface area contributed by atoms with Crippen LogP contribution >= 0.6 is 0 Å². The number of hydrogen-bond acceptors (Lipinski definition) is 1. The fourth-order valence-corrected chi connectivity index (χ4v) is 3.86. The van der Waals surface area contributed by atoms with Crippen molar-refractivity contribution in [2.24, 2.45) is 0 Å². The second kappa shape index (κ2) is 13.7. The molecule has 0 fully saturated rings. The molecule has 27 heavy (non-hydrogen) atoms. The summed E-state index contributed by atoms with van der Waals surface area (Å²) < 4.78 is 5.99. The Kier molecular flexibility index (Phi) is 11.1. The van der Waals surface area contributed by atoms with Crippen molar-refractivity contribution in [2.75, 3.05) is 6.61 Å². The Morgan fingerprint density at radius 3 is 2.00 bits per heavy atom. The van der Waals surface area contributed by atoms with Gasteiger partial charge in [-0.1, -0.05) is 90.9 Å². The summed E-state index contributed by atoms with van der Waals surface area (Å²) in [5, 5.41) is 1.32. The molecule has 152 valence electrons. The Labute approximate surface area is 167 Å². The Bertz CT molecular complexity index is 616. The first-order valence-electron chi connectivity index (χ1n) is 11.6. The van der Waals surface area contributed by atoms with Gasteiger partial charge in [-0.05, 0) is 36.6 Å². The Morgan fingerprint density at radius 1 is 0.741 bits per heavy atom. The van der Waals surface area contributed by atoms with Crippen LogP contribution in [0.25, 0.3) is 10.9 Å². The molecule has 0 radical (unpaired) electrons. The second-order valence-electron chi connectivity index (χ2n) is 8.01. The zero-order chi connectivity index (χ0) is 19.2. The first-order valence-corrected chi connectivity index (χ1v) is 11.6. The number of hydrogen-bond donors (Lipinski definition) is 1. The Morgan fingerprint density at radius 2 is 1.37 bits per heavy atom. The van der Waals surface area contributed by atoms with Gasteiger partial charge in [0.25, 0.3) is 0 Å². The molecule has 0 atom stereocenters. The predicted octanol–water partition coefficient (Wildman–Crippen LogP) is 8.20. The monoisotopic (exact) mass is 371 g/mol. The first kappa shape index (κ1) is 21.9. The quantitative estimate of drug-likeness (QED) is 0.295. The molecule has 2 aromatic rings. The minimum atomic E-state index is 0.844. The van der Waals surface area contributed by atoms with Gasteiger partial charge in [-0.15, -0.1) is 0 Å². The van der Waals surface area contributed by atoms with Crippen molar-refractivity contribution in [3.8, 4) is 5.75 Å².